The maximum Gasteiger partial charge on any atom is 0.270 e. The van der Waals surface area contributed by atoms with E-state index in [0.717, 1.165) is 6.29 Å². The van der Waals surface area contributed by atoms with Crippen molar-refractivity contribution >= 4 is 34.4 Å². The number of ether oxygens (including phenoxy) is 1. The molecule has 0 aromatic heterocycles. The first-order valence-corrected chi connectivity index (χ1v) is 10.6. The molecule has 0 bridgehead atoms. The number of para-hydroxylation sites is 1. The minimum Gasteiger partial charge on any atom is -0.772 e. The molecule has 1 aliphatic heterocycles. The third kappa shape index (κ3) is 4.16. The predicted octanol–water partition coefficient (Wildman–Crippen LogP) is 4.22. The Balaban J connectivity index is 1.91. The largest absolute Gasteiger partial charge is 0.772 e. The minimum absolute atomic E-state index is 0.0962. The molecule has 0 fully saturated rings. The number of non-ortho nitro benzene ring substituents is 1. The second-order valence-corrected chi connectivity index (χ2v) is 7.85. The molecule has 3 aromatic carbocycles. The normalized spacial score (nSPS) is 16.2. The number of nitrogens with zero attached hydrogens (tertiary/aromatic N) is 1. The molecular weight excluding hydrogens is 418 g/mol. The Morgan fingerprint density at radius 2 is 1.74 bits per heavy atom. The summed E-state index contributed by atoms with van der Waals surface area (Å²) in [5, 5.41) is 11.3. The van der Waals surface area contributed by atoms with Gasteiger partial charge in [-0.25, -0.2) is 0 Å². The number of hydrogen-bond donors (Lipinski definition) is 0. The molecule has 8 heteroatoms. The van der Waals surface area contributed by atoms with Gasteiger partial charge in [0.05, 0.1) is 10.8 Å². The molecule has 31 heavy (non-hydrogen) atoms. The number of fused-ring (bicyclic) bond motifs is 1. The fourth-order valence-electron chi connectivity index (χ4n) is 3.63. The van der Waals surface area contributed by atoms with E-state index in [4.69, 9.17) is 4.74 Å². The van der Waals surface area contributed by atoms with Crippen molar-refractivity contribution in [1.29, 1.82) is 0 Å². The molecule has 7 nitrogen and oxygen atoms in total. The van der Waals surface area contributed by atoms with Gasteiger partial charge >= 0.3 is 0 Å². The molecule has 0 saturated heterocycles. The van der Waals surface area contributed by atoms with Crippen molar-refractivity contribution in [3.05, 3.63) is 105 Å². The van der Waals surface area contributed by atoms with Crippen LogP contribution < -0.4 is 4.74 Å². The van der Waals surface area contributed by atoms with Gasteiger partial charge in [0.2, 0.25) is 0 Å². The fourth-order valence-corrected chi connectivity index (χ4v) is 4.10. The van der Waals surface area contributed by atoms with Crippen LogP contribution in [-0.4, -0.2) is 20.0 Å². The lowest BCUT2D eigenvalue weighted by Gasteiger charge is -2.28. The second kappa shape index (κ2) is 8.63. The number of rotatable bonds is 6. The Hall–Kier alpha value is -3.62. The van der Waals surface area contributed by atoms with Crippen LogP contribution >= 0.6 is 0 Å². The maximum absolute atomic E-state index is 12.2. The summed E-state index contributed by atoms with van der Waals surface area (Å²) in [6.45, 7) is 0. The zero-order valence-electron chi connectivity index (χ0n) is 16.1. The molecule has 1 aliphatic rings. The topological polar surface area (TPSA) is 110 Å². The summed E-state index contributed by atoms with van der Waals surface area (Å²) in [4.78, 5) is 23.0. The van der Waals surface area contributed by atoms with Gasteiger partial charge < -0.3 is 14.1 Å². The first-order chi connectivity index (χ1) is 15.0. The molecule has 4 rings (SSSR count). The number of nitro benzene ring substituents is 1. The van der Waals surface area contributed by atoms with Crippen molar-refractivity contribution in [2.75, 3.05) is 0 Å². The van der Waals surface area contributed by atoms with E-state index in [1.807, 2.05) is 0 Å². The molecule has 1 heterocycles. The number of nitro groups is 1. The van der Waals surface area contributed by atoms with E-state index in [0.29, 0.717) is 39.3 Å². The predicted molar refractivity (Wildman–Crippen MR) is 115 cm³/mol. The van der Waals surface area contributed by atoms with Gasteiger partial charge in [-0.3, -0.25) is 14.3 Å². The van der Waals surface area contributed by atoms with E-state index in [-0.39, 0.29) is 11.4 Å². The van der Waals surface area contributed by atoms with Crippen molar-refractivity contribution < 1.29 is 23.2 Å². The summed E-state index contributed by atoms with van der Waals surface area (Å²) in [5.41, 5.74) is 2.82. The molecule has 0 amide bonds. The van der Waals surface area contributed by atoms with Gasteiger partial charge in [0, 0.05) is 34.6 Å². The Labute approximate surface area is 180 Å². The molecule has 2 atom stereocenters. The van der Waals surface area contributed by atoms with Crippen LogP contribution in [0.25, 0.3) is 11.3 Å². The molecule has 0 N–H and O–H groups in total. The summed E-state index contributed by atoms with van der Waals surface area (Å²) in [6.07, 6.45) is 0.796. The van der Waals surface area contributed by atoms with Crippen LogP contribution in [0.3, 0.4) is 0 Å². The van der Waals surface area contributed by atoms with E-state index in [9.17, 15) is 23.7 Å². The van der Waals surface area contributed by atoms with Gasteiger partial charge in [0.15, 0.2) is 0 Å². The van der Waals surface area contributed by atoms with Crippen molar-refractivity contribution in [2.45, 2.75) is 11.7 Å². The fraction of sp³-hybridized carbons (Fsp3) is 0.0870. The molecule has 3 aromatic rings. The monoisotopic (exact) mass is 434 g/mol. The number of hydrogen-bond acceptors (Lipinski definition) is 6. The van der Waals surface area contributed by atoms with Gasteiger partial charge in [-0.05, 0) is 17.2 Å². The number of benzene rings is 3. The zero-order chi connectivity index (χ0) is 22.0. The molecule has 0 aliphatic carbocycles. The first-order valence-electron chi connectivity index (χ1n) is 9.34. The Kier molecular flexibility index (Phi) is 5.75. The van der Waals surface area contributed by atoms with Crippen LogP contribution in [0.5, 0.6) is 5.75 Å². The molecule has 0 spiro atoms. The lowest BCUT2D eigenvalue weighted by atomic mass is 9.83. The zero-order valence-corrected chi connectivity index (χ0v) is 16.9. The second-order valence-electron chi connectivity index (χ2n) is 6.95. The molecule has 156 valence electrons. The molecule has 0 saturated carbocycles. The van der Waals surface area contributed by atoms with Crippen LogP contribution in [0.2, 0.25) is 0 Å². The lowest BCUT2D eigenvalue weighted by Crippen LogP contribution is -2.16. The van der Waals surface area contributed by atoms with Crippen LogP contribution in [-0.2, 0) is 21.6 Å². The summed E-state index contributed by atoms with van der Waals surface area (Å²) in [7, 11) is 0. The van der Waals surface area contributed by atoms with Crippen LogP contribution in [0.1, 0.15) is 28.2 Å². The number of carbonyl (C=O) groups excluding carboxylic acids is 1. The molecular formula is C23H16NO6S-. The SMILES string of the molecule is O=CC1C(c2cccc([N+](=O)[O-])c2)=C(c2ccc(CS(=O)[O-])cc2)Oc2ccccc21. The number of carbonyl (C=O) groups is 1. The maximum atomic E-state index is 12.2. The Morgan fingerprint density at radius 1 is 1.00 bits per heavy atom. The van der Waals surface area contributed by atoms with Crippen molar-refractivity contribution in [1.82, 2.24) is 0 Å². The summed E-state index contributed by atoms with van der Waals surface area (Å²) >= 11 is -2.21. The van der Waals surface area contributed by atoms with E-state index < -0.39 is 21.9 Å². The average molecular weight is 434 g/mol. The van der Waals surface area contributed by atoms with E-state index in [1.54, 1.807) is 60.7 Å². The van der Waals surface area contributed by atoms with E-state index >= 15 is 0 Å². The van der Waals surface area contributed by atoms with Crippen molar-refractivity contribution in [2.24, 2.45) is 0 Å². The van der Waals surface area contributed by atoms with Gasteiger partial charge in [0.1, 0.15) is 17.8 Å². The highest BCUT2D eigenvalue weighted by molar-refractivity contribution is 7.78. The molecule has 0 radical (unpaired) electrons. The van der Waals surface area contributed by atoms with Crippen LogP contribution in [0.15, 0.2) is 72.8 Å². The Bertz CT molecular complexity index is 1220. The highest BCUT2D eigenvalue weighted by Gasteiger charge is 2.31. The smallest absolute Gasteiger partial charge is 0.270 e. The van der Waals surface area contributed by atoms with E-state index in [1.165, 1.54) is 12.1 Å². The van der Waals surface area contributed by atoms with Crippen molar-refractivity contribution in [3.8, 4) is 5.75 Å². The third-order valence-corrected chi connectivity index (χ3v) is 5.60. The van der Waals surface area contributed by atoms with Crippen LogP contribution in [0.4, 0.5) is 5.69 Å². The van der Waals surface area contributed by atoms with Crippen LogP contribution in [0, 0.1) is 10.1 Å². The Morgan fingerprint density at radius 3 is 2.42 bits per heavy atom. The highest BCUT2D eigenvalue weighted by Crippen LogP contribution is 2.46. The molecule has 2 unspecified atom stereocenters. The number of allylic oxidation sites excluding steroid dienone is 1. The van der Waals surface area contributed by atoms with Gasteiger partial charge in [-0.2, -0.15) is 0 Å². The summed E-state index contributed by atoms with van der Waals surface area (Å²) in [6, 6.07) is 20.0. The third-order valence-electron chi connectivity index (χ3n) is 5.03. The van der Waals surface area contributed by atoms with Gasteiger partial charge in [-0.1, -0.05) is 65.7 Å². The van der Waals surface area contributed by atoms with Gasteiger partial charge in [0.25, 0.3) is 5.69 Å². The summed E-state index contributed by atoms with van der Waals surface area (Å²) < 4.78 is 28.1. The van der Waals surface area contributed by atoms with Crippen molar-refractivity contribution in [3.63, 3.8) is 0 Å². The first kappa shape index (κ1) is 20.6. The minimum atomic E-state index is -2.21. The lowest BCUT2D eigenvalue weighted by molar-refractivity contribution is -0.384. The standard InChI is InChI=1S/C23H17NO6S/c25-13-20-19-6-1-2-7-21(19)30-23(16-10-8-15(9-11-16)14-31(28)29)22(20)17-4-3-5-18(12-17)24(26)27/h1-13,20H,14H2,(H,28,29)/p-1. The quantitative estimate of drug-likeness (QED) is 0.249. The number of aldehydes is 1. The van der Waals surface area contributed by atoms with E-state index in [2.05, 4.69) is 0 Å². The summed E-state index contributed by atoms with van der Waals surface area (Å²) in [5.74, 6) is 0.118. The average Bonchev–Trinajstić information content (AvgIpc) is 2.78. The highest BCUT2D eigenvalue weighted by atomic mass is 32.2. The van der Waals surface area contributed by atoms with Gasteiger partial charge in [-0.15, -0.1) is 0 Å².